The third-order valence-corrected chi connectivity index (χ3v) is 2.76. The van der Waals surface area contributed by atoms with E-state index < -0.39 is 0 Å². The second-order valence-corrected chi connectivity index (χ2v) is 4.30. The van der Waals surface area contributed by atoms with E-state index in [9.17, 15) is 0 Å². The number of nitrogens with zero attached hydrogens (tertiary/aromatic N) is 2. The molecule has 2 heterocycles. The summed E-state index contributed by atoms with van der Waals surface area (Å²) >= 11 is 3.32. The lowest BCUT2D eigenvalue weighted by Crippen LogP contribution is -2.15. The van der Waals surface area contributed by atoms with E-state index in [4.69, 9.17) is 11.5 Å². The zero-order chi connectivity index (χ0) is 11.5. The average molecular weight is 279 g/mol. The van der Waals surface area contributed by atoms with Crippen molar-refractivity contribution in [2.24, 2.45) is 5.73 Å². The number of anilines is 1. The van der Waals surface area contributed by atoms with Gasteiger partial charge in [-0.3, -0.25) is 9.97 Å². The van der Waals surface area contributed by atoms with E-state index >= 15 is 0 Å². The zero-order valence-corrected chi connectivity index (χ0v) is 10.1. The number of hydrogen-bond acceptors (Lipinski definition) is 4. The van der Waals surface area contributed by atoms with Gasteiger partial charge in [0.1, 0.15) is 0 Å². The Morgan fingerprint density at radius 3 is 2.62 bits per heavy atom. The second kappa shape index (κ2) is 4.59. The minimum absolute atomic E-state index is 0.346. The van der Waals surface area contributed by atoms with Crippen LogP contribution in [0, 0.1) is 0 Å². The van der Waals surface area contributed by atoms with Crippen molar-refractivity contribution in [3.05, 3.63) is 52.5 Å². The first-order chi connectivity index (χ1) is 7.68. The minimum Gasteiger partial charge on any atom is -0.398 e. The van der Waals surface area contributed by atoms with Crippen LogP contribution in [-0.2, 0) is 0 Å². The van der Waals surface area contributed by atoms with Crippen molar-refractivity contribution >= 4 is 21.6 Å². The average Bonchev–Trinajstić information content (AvgIpc) is 2.30. The van der Waals surface area contributed by atoms with E-state index in [1.807, 2.05) is 12.1 Å². The number of pyridine rings is 2. The van der Waals surface area contributed by atoms with E-state index in [1.165, 1.54) is 0 Å². The van der Waals surface area contributed by atoms with Crippen molar-refractivity contribution in [2.45, 2.75) is 6.04 Å². The van der Waals surface area contributed by atoms with Crippen LogP contribution in [0.15, 0.2) is 41.3 Å². The molecular weight excluding hydrogens is 268 g/mol. The molecule has 1 unspecified atom stereocenters. The fourth-order valence-electron chi connectivity index (χ4n) is 1.41. The number of aromatic nitrogens is 2. The standard InChI is InChI=1S/C11H11BrN4/c12-7-1-2-10(16-5-7)11(14)8-6-15-4-3-9(8)13/h1-6,11H,14H2,(H2,13,15). The van der Waals surface area contributed by atoms with Gasteiger partial charge in [-0.1, -0.05) is 0 Å². The molecule has 2 rings (SSSR count). The molecule has 4 nitrogen and oxygen atoms in total. The smallest absolute Gasteiger partial charge is 0.0761 e. The largest absolute Gasteiger partial charge is 0.398 e. The summed E-state index contributed by atoms with van der Waals surface area (Å²) in [5.41, 5.74) is 14.1. The van der Waals surface area contributed by atoms with Gasteiger partial charge in [0, 0.05) is 34.3 Å². The van der Waals surface area contributed by atoms with Gasteiger partial charge in [0.25, 0.3) is 0 Å². The summed E-state index contributed by atoms with van der Waals surface area (Å²) in [4.78, 5) is 8.25. The molecule has 0 saturated carbocycles. The number of halogens is 1. The Morgan fingerprint density at radius 2 is 2.00 bits per heavy atom. The molecule has 0 amide bonds. The molecule has 0 spiro atoms. The van der Waals surface area contributed by atoms with Crippen LogP contribution in [0.1, 0.15) is 17.3 Å². The molecule has 5 heteroatoms. The van der Waals surface area contributed by atoms with Crippen molar-refractivity contribution in [1.82, 2.24) is 9.97 Å². The van der Waals surface area contributed by atoms with Crippen LogP contribution in [0.4, 0.5) is 5.69 Å². The molecule has 0 aliphatic carbocycles. The van der Waals surface area contributed by atoms with E-state index in [2.05, 4.69) is 25.9 Å². The van der Waals surface area contributed by atoms with E-state index in [0.717, 1.165) is 15.7 Å². The van der Waals surface area contributed by atoms with Crippen LogP contribution in [0.25, 0.3) is 0 Å². The highest BCUT2D eigenvalue weighted by molar-refractivity contribution is 9.10. The van der Waals surface area contributed by atoms with Gasteiger partial charge in [-0.05, 0) is 34.1 Å². The van der Waals surface area contributed by atoms with Gasteiger partial charge in [-0.25, -0.2) is 0 Å². The van der Waals surface area contributed by atoms with Crippen molar-refractivity contribution in [3.63, 3.8) is 0 Å². The van der Waals surface area contributed by atoms with Crippen molar-refractivity contribution in [2.75, 3.05) is 5.73 Å². The number of rotatable bonds is 2. The van der Waals surface area contributed by atoms with Crippen LogP contribution in [0.5, 0.6) is 0 Å². The fraction of sp³-hybridized carbons (Fsp3) is 0.0909. The topological polar surface area (TPSA) is 77.8 Å². The van der Waals surface area contributed by atoms with Crippen LogP contribution in [-0.4, -0.2) is 9.97 Å². The summed E-state index contributed by atoms with van der Waals surface area (Å²) < 4.78 is 0.919. The Morgan fingerprint density at radius 1 is 1.19 bits per heavy atom. The Balaban J connectivity index is 2.35. The molecule has 0 radical (unpaired) electrons. The number of nitrogen functional groups attached to an aromatic ring is 1. The highest BCUT2D eigenvalue weighted by Gasteiger charge is 2.12. The van der Waals surface area contributed by atoms with Crippen LogP contribution in [0.2, 0.25) is 0 Å². The molecule has 2 aromatic rings. The first-order valence-corrected chi connectivity index (χ1v) is 5.54. The second-order valence-electron chi connectivity index (χ2n) is 3.38. The van der Waals surface area contributed by atoms with E-state index in [-0.39, 0.29) is 6.04 Å². The zero-order valence-electron chi connectivity index (χ0n) is 8.47. The molecule has 0 aliphatic rings. The maximum absolute atomic E-state index is 6.07. The molecule has 2 aromatic heterocycles. The highest BCUT2D eigenvalue weighted by atomic mass is 79.9. The lowest BCUT2D eigenvalue weighted by atomic mass is 10.0. The monoisotopic (exact) mass is 278 g/mol. The molecule has 4 N–H and O–H groups in total. The molecular formula is C11H11BrN4. The van der Waals surface area contributed by atoms with E-state index in [1.54, 1.807) is 24.7 Å². The van der Waals surface area contributed by atoms with Gasteiger partial charge >= 0.3 is 0 Å². The molecule has 0 saturated heterocycles. The molecule has 0 aromatic carbocycles. The summed E-state index contributed by atoms with van der Waals surface area (Å²) in [5.74, 6) is 0. The summed E-state index contributed by atoms with van der Waals surface area (Å²) in [6.07, 6.45) is 5.02. The Bertz CT molecular complexity index is 484. The van der Waals surface area contributed by atoms with Gasteiger partial charge in [0.15, 0.2) is 0 Å². The molecule has 0 aliphatic heterocycles. The predicted octanol–water partition coefficient (Wildman–Crippen LogP) is 1.87. The van der Waals surface area contributed by atoms with Crippen molar-refractivity contribution in [1.29, 1.82) is 0 Å². The molecule has 82 valence electrons. The summed E-state index contributed by atoms with van der Waals surface area (Å²) in [6.45, 7) is 0. The maximum Gasteiger partial charge on any atom is 0.0761 e. The summed E-state index contributed by atoms with van der Waals surface area (Å²) in [6, 6.07) is 5.14. The first kappa shape index (κ1) is 11.0. The Kier molecular flexibility index (Phi) is 3.17. The van der Waals surface area contributed by atoms with Crippen molar-refractivity contribution in [3.8, 4) is 0 Å². The summed E-state index contributed by atoms with van der Waals surface area (Å²) in [7, 11) is 0. The molecule has 16 heavy (non-hydrogen) atoms. The Labute approximate surface area is 102 Å². The number of nitrogens with two attached hydrogens (primary N) is 2. The molecule has 1 atom stereocenters. The van der Waals surface area contributed by atoms with Gasteiger partial charge < -0.3 is 11.5 Å². The number of hydrogen-bond donors (Lipinski definition) is 2. The van der Waals surface area contributed by atoms with Gasteiger partial charge in [0.05, 0.1) is 11.7 Å². The molecule has 0 bridgehead atoms. The third-order valence-electron chi connectivity index (χ3n) is 2.29. The maximum atomic E-state index is 6.07. The Hall–Kier alpha value is -1.46. The summed E-state index contributed by atoms with van der Waals surface area (Å²) in [5, 5.41) is 0. The van der Waals surface area contributed by atoms with Crippen molar-refractivity contribution < 1.29 is 0 Å². The lowest BCUT2D eigenvalue weighted by Gasteiger charge is -2.13. The lowest BCUT2D eigenvalue weighted by molar-refractivity contribution is 0.824. The quantitative estimate of drug-likeness (QED) is 0.879. The van der Waals surface area contributed by atoms with Crippen LogP contribution in [0.3, 0.4) is 0 Å². The van der Waals surface area contributed by atoms with Gasteiger partial charge in [0.2, 0.25) is 0 Å². The first-order valence-electron chi connectivity index (χ1n) is 4.75. The van der Waals surface area contributed by atoms with Gasteiger partial charge in [-0.2, -0.15) is 0 Å². The van der Waals surface area contributed by atoms with Crippen LogP contribution >= 0.6 is 15.9 Å². The molecule has 0 fully saturated rings. The third kappa shape index (κ3) is 2.20. The highest BCUT2D eigenvalue weighted by Crippen LogP contribution is 2.22. The van der Waals surface area contributed by atoms with Crippen LogP contribution < -0.4 is 11.5 Å². The normalized spacial score (nSPS) is 12.4. The minimum atomic E-state index is -0.346. The SMILES string of the molecule is Nc1ccncc1C(N)c1ccc(Br)cn1. The van der Waals surface area contributed by atoms with Gasteiger partial charge in [-0.15, -0.1) is 0 Å². The fourth-order valence-corrected chi connectivity index (χ4v) is 1.64. The van der Waals surface area contributed by atoms with E-state index in [0.29, 0.717) is 5.69 Å². The predicted molar refractivity (Wildman–Crippen MR) is 66.6 cm³/mol.